The second-order valence-electron chi connectivity index (χ2n) is 3.90. The first-order chi connectivity index (χ1) is 8.75. The fourth-order valence-electron chi connectivity index (χ4n) is 1.87. The monoisotopic (exact) mass is 242 g/mol. The average molecular weight is 242 g/mol. The highest BCUT2D eigenvalue weighted by atomic mass is 15.3. The van der Waals surface area contributed by atoms with E-state index in [0.29, 0.717) is 0 Å². The highest BCUT2D eigenvalue weighted by Crippen LogP contribution is 2.13. The molecule has 4 heteroatoms. The molecule has 0 aliphatic carbocycles. The van der Waals surface area contributed by atoms with Gasteiger partial charge in [-0.15, -0.1) is 0 Å². The number of aryl methyl sites for hydroxylation is 2. The molecule has 3 heterocycles. The predicted octanol–water partition coefficient (Wildman–Crippen LogP) is 3.16. The first-order valence-electron chi connectivity index (χ1n) is 6.20. The van der Waals surface area contributed by atoms with Crippen LogP contribution in [-0.2, 0) is 0 Å². The van der Waals surface area contributed by atoms with Crippen LogP contribution in [-0.4, -0.2) is 19.2 Å². The molecule has 94 valence electrons. The molecule has 0 amide bonds. The lowest BCUT2D eigenvalue weighted by Gasteiger charge is -2.05. The lowest BCUT2D eigenvalue weighted by Crippen LogP contribution is -1.99. The fourth-order valence-corrected chi connectivity index (χ4v) is 1.87. The van der Waals surface area contributed by atoms with Crippen LogP contribution in [0.25, 0.3) is 11.3 Å². The van der Waals surface area contributed by atoms with Gasteiger partial charge < -0.3 is 4.40 Å². The molecule has 3 aromatic rings. The Bertz CT molecular complexity index is 649. The molecule has 3 rings (SSSR count). The maximum Gasteiger partial charge on any atom is 0.139 e. The zero-order chi connectivity index (χ0) is 13.1. The summed E-state index contributed by atoms with van der Waals surface area (Å²) >= 11 is 0. The van der Waals surface area contributed by atoms with Gasteiger partial charge in [-0.25, -0.2) is 9.67 Å². The number of imidazole rings is 1. The smallest absolute Gasteiger partial charge is 0.139 e. The zero-order valence-corrected chi connectivity index (χ0v) is 11.3. The number of aromatic nitrogens is 4. The van der Waals surface area contributed by atoms with E-state index in [0.717, 1.165) is 22.7 Å². The van der Waals surface area contributed by atoms with Gasteiger partial charge in [-0.3, -0.25) is 0 Å². The number of rotatable bonds is 1. The van der Waals surface area contributed by atoms with Crippen LogP contribution < -0.4 is 0 Å². The number of hydrogen-bond acceptors (Lipinski definition) is 2. The maximum absolute atomic E-state index is 4.34. The Morgan fingerprint density at radius 1 is 1.06 bits per heavy atom. The standard InChI is InChI=1S/C12H12N4.C2H6/c1-9-3-5-14-16(9)11-4-6-15-10(2)8-13-12(15)7-11;1-2/h3-8H,1-2H3;1-2H3. The van der Waals surface area contributed by atoms with Gasteiger partial charge in [0.15, 0.2) is 0 Å². The molecule has 0 radical (unpaired) electrons. The molecular formula is C14H18N4. The summed E-state index contributed by atoms with van der Waals surface area (Å²) in [6.45, 7) is 8.08. The van der Waals surface area contributed by atoms with E-state index in [2.05, 4.69) is 14.5 Å². The molecule has 4 nitrogen and oxygen atoms in total. The van der Waals surface area contributed by atoms with Crippen LogP contribution in [0.2, 0.25) is 0 Å². The second kappa shape index (κ2) is 5.04. The van der Waals surface area contributed by atoms with Crippen LogP contribution in [0.15, 0.2) is 36.8 Å². The molecule has 0 unspecified atom stereocenters. The number of nitrogens with zero attached hydrogens (tertiary/aromatic N) is 4. The van der Waals surface area contributed by atoms with Crippen molar-refractivity contribution in [2.75, 3.05) is 0 Å². The molecule has 0 fully saturated rings. The van der Waals surface area contributed by atoms with Crippen molar-refractivity contribution >= 4 is 5.65 Å². The summed E-state index contributed by atoms with van der Waals surface area (Å²) in [5, 5.41) is 4.28. The Labute approximate surface area is 107 Å². The van der Waals surface area contributed by atoms with E-state index in [4.69, 9.17) is 0 Å². The van der Waals surface area contributed by atoms with Gasteiger partial charge in [0.05, 0.1) is 5.69 Å². The van der Waals surface area contributed by atoms with Crippen LogP contribution in [0.5, 0.6) is 0 Å². The van der Waals surface area contributed by atoms with Crippen LogP contribution in [0, 0.1) is 13.8 Å². The van der Waals surface area contributed by atoms with Crippen LogP contribution in [0.1, 0.15) is 25.2 Å². The van der Waals surface area contributed by atoms with Crippen molar-refractivity contribution in [2.24, 2.45) is 0 Å². The van der Waals surface area contributed by atoms with Crippen molar-refractivity contribution in [3.8, 4) is 5.69 Å². The molecule has 0 aliphatic rings. The summed E-state index contributed by atoms with van der Waals surface area (Å²) in [5.74, 6) is 0. The van der Waals surface area contributed by atoms with Crippen molar-refractivity contribution < 1.29 is 0 Å². The van der Waals surface area contributed by atoms with Crippen molar-refractivity contribution in [1.29, 1.82) is 0 Å². The van der Waals surface area contributed by atoms with Crippen LogP contribution >= 0.6 is 0 Å². The SMILES string of the molecule is CC.Cc1ccnn1-c1ccn2c(C)cnc2c1. The van der Waals surface area contributed by atoms with Crippen molar-refractivity contribution in [3.05, 3.63) is 48.2 Å². The maximum atomic E-state index is 4.34. The lowest BCUT2D eigenvalue weighted by atomic mass is 10.3. The predicted molar refractivity (Wildman–Crippen MR) is 73.1 cm³/mol. The van der Waals surface area contributed by atoms with Crippen molar-refractivity contribution in [2.45, 2.75) is 27.7 Å². The molecule has 3 aromatic heterocycles. The average Bonchev–Trinajstić information content (AvgIpc) is 2.98. The summed E-state index contributed by atoms with van der Waals surface area (Å²) in [6.07, 6.45) is 5.69. The first-order valence-corrected chi connectivity index (χ1v) is 6.20. The minimum atomic E-state index is 0.949. The van der Waals surface area contributed by atoms with Gasteiger partial charge in [-0.1, -0.05) is 13.8 Å². The molecule has 0 bridgehead atoms. The number of fused-ring (bicyclic) bond motifs is 1. The molecule has 0 spiro atoms. The Hall–Kier alpha value is -2.10. The number of pyridine rings is 1. The molecule has 0 saturated carbocycles. The summed E-state index contributed by atoms with van der Waals surface area (Å²) in [6, 6.07) is 6.07. The van der Waals surface area contributed by atoms with Crippen LogP contribution in [0.4, 0.5) is 0 Å². The van der Waals surface area contributed by atoms with Gasteiger partial charge in [0, 0.05) is 36.0 Å². The Morgan fingerprint density at radius 2 is 1.83 bits per heavy atom. The zero-order valence-electron chi connectivity index (χ0n) is 11.3. The highest BCUT2D eigenvalue weighted by Gasteiger charge is 2.03. The normalized spacial score (nSPS) is 10.2. The third kappa shape index (κ3) is 2.01. The summed E-state index contributed by atoms with van der Waals surface area (Å²) in [4.78, 5) is 4.34. The van der Waals surface area contributed by atoms with E-state index >= 15 is 0 Å². The molecule has 0 aliphatic heterocycles. The Kier molecular flexibility index (Phi) is 3.46. The van der Waals surface area contributed by atoms with Gasteiger partial charge >= 0.3 is 0 Å². The van der Waals surface area contributed by atoms with Crippen molar-refractivity contribution in [3.63, 3.8) is 0 Å². The van der Waals surface area contributed by atoms with Crippen LogP contribution in [0.3, 0.4) is 0 Å². The topological polar surface area (TPSA) is 35.1 Å². The third-order valence-corrected chi connectivity index (χ3v) is 2.76. The summed E-state index contributed by atoms with van der Waals surface area (Å²) in [7, 11) is 0. The van der Waals surface area contributed by atoms with Gasteiger partial charge in [-0.05, 0) is 26.0 Å². The molecule has 0 atom stereocenters. The molecule has 0 N–H and O–H groups in total. The minimum Gasteiger partial charge on any atom is -0.304 e. The summed E-state index contributed by atoms with van der Waals surface area (Å²) < 4.78 is 3.96. The largest absolute Gasteiger partial charge is 0.304 e. The minimum absolute atomic E-state index is 0.949. The van der Waals surface area contributed by atoms with E-state index in [9.17, 15) is 0 Å². The Balaban J connectivity index is 0.000000574. The third-order valence-electron chi connectivity index (χ3n) is 2.76. The van der Waals surface area contributed by atoms with Crippen molar-refractivity contribution in [1.82, 2.24) is 19.2 Å². The quantitative estimate of drug-likeness (QED) is 0.657. The van der Waals surface area contributed by atoms with E-state index < -0.39 is 0 Å². The summed E-state index contributed by atoms with van der Waals surface area (Å²) in [5.41, 5.74) is 4.25. The van der Waals surface area contributed by atoms with Gasteiger partial charge in [0.25, 0.3) is 0 Å². The first kappa shape index (κ1) is 12.4. The Morgan fingerprint density at radius 3 is 2.50 bits per heavy atom. The van der Waals surface area contributed by atoms with E-state index in [1.165, 1.54) is 0 Å². The van der Waals surface area contributed by atoms with E-state index in [1.807, 2.05) is 63.0 Å². The van der Waals surface area contributed by atoms with Gasteiger partial charge in [0.2, 0.25) is 0 Å². The second-order valence-corrected chi connectivity index (χ2v) is 3.90. The fraction of sp³-hybridized carbons (Fsp3) is 0.286. The lowest BCUT2D eigenvalue weighted by molar-refractivity contribution is 0.844. The molecule has 18 heavy (non-hydrogen) atoms. The van der Waals surface area contributed by atoms with E-state index in [1.54, 1.807) is 6.20 Å². The molecular weight excluding hydrogens is 224 g/mol. The van der Waals surface area contributed by atoms with E-state index in [-0.39, 0.29) is 0 Å². The molecule has 0 saturated heterocycles. The van der Waals surface area contributed by atoms with Gasteiger partial charge in [0.1, 0.15) is 5.65 Å². The highest BCUT2D eigenvalue weighted by molar-refractivity contribution is 5.49. The molecule has 0 aromatic carbocycles. The van der Waals surface area contributed by atoms with Gasteiger partial charge in [-0.2, -0.15) is 5.10 Å². The number of hydrogen-bond donors (Lipinski definition) is 0.